The molecule has 2 aromatic carbocycles. The van der Waals surface area contributed by atoms with Crippen molar-refractivity contribution in [1.82, 2.24) is 0 Å². The van der Waals surface area contributed by atoms with Gasteiger partial charge in [-0.25, -0.2) is 0 Å². The fraction of sp³-hybridized carbons (Fsp3) is 0. The average molecular weight is 356 g/mol. The third-order valence-electron chi connectivity index (χ3n) is 2.71. The zero-order chi connectivity index (χ0) is 17.0. The Kier molecular flexibility index (Phi) is 4.82. The number of non-ortho nitro benzene ring substituents is 1. The highest BCUT2D eigenvalue weighted by Crippen LogP contribution is 2.17. The van der Waals surface area contributed by atoms with Crippen molar-refractivity contribution < 1.29 is 17.6 Å². The predicted molar refractivity (Wildman–Crippen MR) is 83.5 cm³/mol. The zero-order valence-corrected chi connectivity index (χ0v) is 13.0. The molecule has 0 saturated heterocycles. The quantitative estimate of drug-likeness (QED) is 0.379. The molecule has 0 spiro atoms. The minimum Gasteiger partial charge on any atom is -0.380 e. The Bertz CT molecular complexity index is 848. The lowest BCUT2D eigenvalue weighted by Gasteiger charge is -2.03. The Hall–Kier alpha value is -2.65. The standard InChI is InChI=1S/C13H10ClN3O5S/c14-10-3-7-12(8-4-10)23(20,21)22-16-13(15)9-1-5-11(6-2-9)17(18)19/h1-8H,(H2,15,16). The lowest BCUT2D eigenvalue weighted by molar-refractivity contribution is -0.384. The molecule has 0 aromatic heterocycles. The van der Waals surface area contributed by atoms with Crippen LogP contribution in [0.4, 0.5) is 5.69 Å². The van der Waals surface area contributed by atoms with Crippen LogP contribution in [0.15, 0.2) is 58.6 Å². The van der Waals surface area contributed by atoms with E-state index in [1.54, 1.807) is 0 Å². The maximum absolute atomic E-state index is 11.9. The van der Waals surface area contributed by atoms with Gasteiger partial charge in [-0.1, -0.05) is 11.6 Å². The van der Waals surface area contributed by atoms with Crippen molar-refractivity contribution in [3.63, 3.8) is 0 Å². The number of nitro benzene ring substituents is 1. The van der Waals surface area contributed by atoms with Crippen LogP contribution < -0.4 is 5.73 Å². The van der Waals surface area contributed by atoms with Gasteiger partial charge >= 0.3 is 10.1 Å². The Morgan fingerprint density at radius 1 is 1.13 bits per heavy atom. The van der Waals surface area contributed by atoms with Crippen molar-refractivity contribution in [3.8, 4) is 0 Å². The maximum atomic E-state index is 11.9. The van der Waals surface area contributed by atoms with Gasteiger partial charge in [-0.05, 0) is 41.6 Å². The van der Waals surface area contributed by atoms with Gasteiger partial charge in [0, 0.05) is 22.7 Å². The normalized spacial score (nSPS) is 12.0. The smallest absolute Gasteiger partial charge is 0.358 e. The SMILES string of the molecule is N/C(=N\OS(=O)(=O)c1ccc(Cl)cc1)c1ccc([N+](=O)[O-])cc1. The molecule has 0 bridgehead atoms. The summed E-state index contributed by atoms with van der Waals surface area (Å²) in [5.74, 6) is -0.238. The van der Waals surface area contributed by atoms with E-state index in [0.717, 1.165) is 0 Å². The minimum atomic E-state index is -4.14. The van der Waals surface area contributed by atoms with Crippen LogP contribution in [0.3, 0.4) is 0 Å². The second kappa shape index (κ2) is 6.63. The number of hydrogen-bond acceptors (Lipinski definition) is 6. The number of hydrogen-bond donors (Lipinski definition) is 1. The number of nitrogens with two attached hydrogens (primary N) is 1. The lowest BCUT2D eigenvalue weighted by atomic mass is 10.2. The number of amidine groups is 1. The van der Waals surface area contributed by atoms with Crippen molar-refractivity contribution >= 4 is 33.2 Å². The van der Waals surface area contributed by atoms with E-state index in [9.17, 15) is 18.5 Å². The Balaban J connectivity index is 2.18. The molecule has 23 heavy (non-hydrogen) atoms. The van der Waals surface area contributed by atoms with E-state index in [1.807, 2.05) is 0 Å². The summed E-state index contributed by atoms with van der Waals surface area (Å²) < 4.78 is 28.3. The molecule has 2 aromatic rings. The Morgan fingerprint density at radius 3 is 2.22 bits per heavy atom. The lowest BCUT2D eigenvalue weighted by Crippen LogP contribution is -2.15. The van der Waals surface area contributed by atoms with Crippen LogP contribution in [0.2, 0.25) is 5.02 Å². The van der Waals surface area contributed by atoms with Crippen LogP contribution in [-0.4, -0.2) is 19.2 Å². The topological polar surface area (TPSA) is 125 Å². The molecular formula is C13H10ClN3O5S. The van der Waals surface area contributed by atoms with Gasteiger partial charge in [0.15, 0.2) is 5.84 Å². The van der Waals surface area contributed by atoms with Crippen LogP contribution in [0.5, 0.6) is 0 Å². The van der Waals surface area contributed by atoms with Gasteiger partial charge in [-0.2, -0.15) is 8.42 Å². The summed E-state index contributed by atoms with van der Waals surface area (Å²) in [6, 6.07) is 10.4. The largest absolute Gasteiger partial charge is 0.380 e. The molecule has 0 amide bonds. The number of rotatable bonds is 5. The summed E-state index contributed by atoms with van der Waals surface area (Å²) in [7, 11) is -4.14. The predicted octanol–water partition coefficient (Wildman–Crippen LogP) is 2.27. The van der Waals surface area contributed by atoms with Gasteiger partial charge < -0.3 is 5.73 Å². The fourth-order valence-electron chi connectivity index (χ4n) is 1.54. The van der Waals surface area contributed by atoms with E-state index in [4.69, 9.17) is 17.3 Å². The van der Waals surface area contributed by atoms with Crippen molar-refractivity contribution in [2.75, 3.05) is 0 Å². The molecule has 2 rings (SSSR count). The van der Waals surface area contributed by atoms with Gasteiger partial charge in [0.2, 0.25) is 0 Å². The van der Waals surface area contributed by atoms with Gasteiger partial charge in [0.1, 0.15) is 4.90 Å². The van der Waals surface area contributed by atoms with Gasteiger partial charge in [-0.3, -0.25) is 14.4 Å². The zero-order valence-electron chi connectivity index (χ0n) is 11.4. The van der Waals surface area contributed by atoms with Crippen molar-refractivity contribution in [2.24, 2.45) is 10.9 Å². The van der Waals surface area contributed by atoms with E-state index in [2.05, 4.69) is 9.44 Å². The maximum Gasteiger partial charge on any atom is 0.358 e. The molecule has 0 aliphatic heterocycles. The van der Waals surface area contributed by atoms with E-state index < -0.39 is 15.0 Å². The summed E-state index contributed by atoms with van der Waals surface area (Å²) in [5, 5.41) is 14.3. The summed E-state index contributed by atoms with van der Waals surface area (Å²) in [6.45, 7) is 0. The van der Waals surface area contributed by atoms with E-state index in [1.165, 1.54) is 48.5 Å². The first-order valence-corrected chi connectivity index (χ1v) is 7.86. The number of nitro groups is 1. The highest BCUT2D eigenvalue weighted by atomic mass is 35.5. The second-order valence-corrected chi connectivity index (χ2v) is 6.23. The van der Waals surface area contributed by atoms with Gasteiger partial charge in [-0.15, -0.1) is 0 Å². The van der Waals surface area contributed by atoms with Crippen LogP contribution in [0, 0.1) is 10.1 Å². The molecule has 0 fully saturated rings. The summed E-state index contributed by atoms with van der Waals surface area (Å²) >= 11 is 5.67. The highest BCUT2D eigenvalue weighted by Gasteiger charge is 2.16. The second-order valence-electron chi connectivity index (χ2n) is 4.26. The van der Waals surface area contributed by atoms with Gasteiger partial charge in [0.25, 0.3) is 5.69 Å². The number of halogens is 1. The molecule has 0 saturated carbocycles. The highest BCUT2D eigenvalue weighted by molar-refractivity contribution is 7.86. The Labute approximate surface area is 136 Å². The number of nitrogens with zero attached hydrogens (tertiary/aromatic N) is 2. The Morgan fingerprint density at radius 2 is 1.70 bits per heavy atom. The summed E-state index contributed by atoms with van der Waals surface area (Å²) in [5.41, 5.74) is 5.75. The molecule has 0 heterocycles. The van der Waals surface area contributed by atoms with Crippen LogP contribution in [0.25, 0.3) is 0 Å². The van der Waals surface area contributed by atoms with Crippen molar-refractivity contribution in [2.45, 2.75) is 4.90 Å². The first-order valence-electron chi connectivity index (χ1n) is 6.07. The first kappa shape index (κ1) is 16.7. The molecule has 120 valence electrons. The molecule has 2 N–H and O–H groups in total. The van der Waals surface area contributed by atoms with Crippen molar-refractivity contribution in [3.05, 3.63) is 69.2 Å². The molecule has 0 unspecified atom stereocenters. The summed E-state index contributed by atoms with van der Waals surface area (Å²) in [6.07, 6.45) is 0. The first-order chi connectivity index (χ1) is 10.8. The van der Waals surface area contributed by atoms with Crippen LogP contribution >= 0.6 is 11.6 Å². The molecule has 0 aliphatic rings. The summed E-state index contributed by atoms with van der Waals surface area (Å²) in [4.78, 5) is 9.84. The molecule has 8 nitrogen and oxygen atoms in total. The number of oxime groups is 1. The van der Waals surface area contributed by atoms with E-state index >= 15 is 0 Å². The third kappa shape index (κ3) is 4.18. The van der Waals surface area contributed by atoms with Crippen LogP contribution in [0.1, 0.15) is 5.56 Å². The molecule has 10 heteroatoms. The molecule has 0 aliphatic carbocycles. The average Bonchev–Trinajstić information content (AvgIpc) is 2.53. The van der Waals surface area contributed by atoms with Gasteiger partial charge in [0.05, 0.1) is 4.92 Å². The minimum absolute atomic E-state index is 0.128. The number of benzene rings is 2. The van der Waals surface area contributed by atoms with E-state index in [-0.39, 0.29) is 22.0 Å². The molecular weight excluding hydrogens is 346 g/mol. The van der Waals surface area contributed by atoms with Crippen LogP contribution in [-0.2, 0) is 14.4 Å². The molecule has 0 radical (unpaired) electrons. The third-order valence-corrected chi connectivity index (χ3v) is 4.08. The molecule has 0 atom stereocenters. The van der Waals surface area contributed by atoms with E-state index in [0.29, 0.717) is 5.02 Å². The monoisotopic (exact) mass is 355 g/mol. The fourth-order valence-corrected chi connectivity index (χ4v) is 2.40. The van der Waals surface area contributed by atoms with Crippen molar-refractivity contribution in [1.29, 1.82) is 0 Å².